The SMILES string of the molecule is CC(C(=O)N1CCCc2ccccc21)N1C[C@@H](N)[C@H](c2ccccc2)C1.Cl. The third-order valence-electron chi connectivity index (χ3n) is 5.90. The zero-order valence-electron chi connectivity index (χ0n) is 15.8. The van der Waals surface area contributed by atoms with E-state index in [4.69, 9.17) is 5.73 Å². The molecule has 2 aliphatic heterocycles. The van der Waals surface area contributed by atoms with Gasteiger partial charge in [-0.3, -0.25) is 9.69 Å². The summed E-state index contributed by atoms with van der Waals surface area (Å²) < 4.78 is 0. The normalized spacial score (nSPS) is 23.4. The van der Waals surface area contributed by atoms with E-state index in [-0.39, 0.29) is 30.4 Å². The summed E-state index contributed by atoms with van der Waals surface area (Å²) >= 11 is 0. The Bertz CT molecular complexity index is 782. The van der Waals surface area contributed by atoms with Gasteiger partial charge >= 0.3 is 0 Å². The number of carbonyl (C=O) groups excluding carboxylic acids is 1. The van der Waals surface area contributed by atoms with Gasteiger partial charge in [-0.25, -0.2) is 0 Å². The molecule has 1 saturated heterocycles. The zero-order valence-corrected chi connectivity index (χ0v) is 16.6. The Hall–Kier alpha value is -1.88. The van der Waals surface area contributed by atoms with Crippen molar-refractivity contribution in [2.24, 2.45) is 5.73 Å². The van der Waals surface area contributed by atoms with E-state index in [2.05, 4.69) is 47.4 Å². The van der Waals surface area contributed by atoms with Crippen LogP contribution in [0.2, 0.25) is 0 Å². The van der Waals surface area contributed by atoms with Gasteiger partial charge < -0.3 is 10.6 Å². The molecule has 0 saturated carbocycles. The van der Waals surface area contributed by atoms with Crippen LogP contribution in [-0.2, 0) is 11.2 Å². The number of fused-ring (bicyclic) bond motifs is 1. The second kappa shape index (κ2) is 8.42. The summed E-state index contributed by atoms with van der Waals surface area (Å²) in [7, 11) is 0. The molecule has 4 rings (SSSR count). The highest BCUT2D eigenvalue weighted by molar-refractivity contribution is 5.98. The van der Waals surface area contributed by atoms with Crippen molar-refractivity contribution in [3.8, 4) is 0 Å². The largest absolute Gasteiger partial charge is 0.326 e. The number of hydrogen-bond donors (Lipinski definition) is 1. The molecule has 0 aliphatic carbocycles. The topological polar surface area (TPSA) is 49.6 Å². The van der Waals surface area contributed by atoms with E-state index in [1.807, 2.05) is 24.0 Å². The third-order valence-corrected chi connectivity index (χ3v) is 5.90. The quantitative estimate of drug-likeness (QED) is 0.882. The minimum absolute atomic E-state index is 0. The van der Waals surface area contributed by atoms with Gasteiger partial charge in [0.2, 0.25) is 5.91 Å². The van der Waals surface area contributed by atoms with Gasteiger partial charge in [0.1, 0.15) is 0 Å². The lowest BCUT2D eigenvalue weighted by Gasteiger charge is -2.34. The monoisotopic (exact) mass is 385 g/mol. The number of rotatable bonds is 3. The van der Waals surface area contributed by atoms with Gasteiger partial charge in [0.15, 0.2) is 0 Å². The van der Waals surface area contributed by atoms with E-state index in [0.29, 0.717) is 5.92 Å². The summed E-state index contributed by atoms with van der Waals surface area (Å²) in [5, 5.41) is 0. The maximum absolute atomic E-state index is 13.2. The van der Waals surface area contributed by atoms with Crippen molar-refractivity contribution in [2.75, 3.05) is 24.5 Å². The van der Waals surface area contributed by atoms with Crippen LogP contribution in [0.5, 0.6) is 0 Å². The molecule has 27 heavy (non-hydrogen) atoms. The first-order chi connectivity index (χ1) is 12.6. The first kappa shape index (κ1) is 19.9. The molecule has 2 aromatic carbocycles. The lowest BCUT2D eigenvalue weighted by Crippen LogP contribution is -2.48. The van der Waals surface area contributed by atoms with Crippen LogP contribution in [0, 0.1) is 0 Å². The number of para-hydroxylation sites is 1. The van der Waals surface area contributed by atoms with Crippen LogP contribution in [0.4, 0.5) is 5.69 Å². The first-order valence-corrected chi connectivity index (χ1v) is 9.59. The maximum atomic E-state index is 13.2. The van der Waals surface area contributed by atoms with Crippen molar-refractivity contribution in [2.45, 2.75) is 37.8 Å². The molecule has 1 fully saturated rings. The number of anilines is 1. The molecule has 2 N–H and O–H groups in total. The van der Waals surface area contributed by atoms with Crippen LogP contribution < -0.4 is 10.6 Å². The number of nitrogens with zero attached hydrogens (tertiary/aromatic N) is 2. The fourth-order valence-electron chi connectivity index (χ4n) is 4.37. The fraction of sp³-hybridized carbons (Fsp3) is 0.409. The molecule has 0 radical (unpaired) electrons. The smallest absolute Gasteiger partial charge is 0.244 e. The molecular weight excluding hydrogens is 358 g/mol. The molecule has 1 unspecified atom stereocenters. The third kappa shape index (κ3) is 3.88. The zero-order chi connectivity index (χ0) is 18.1. The van der Waals surface area contributed by atoms with Crippen LogP contribution >= 0.6 is 12.4 Å². The van der Waals surface area contributed by atoms with Crippen molar-refractivity contribution in [1.82, 2.24) is 4.90 Å². The standard InChI is InChI=1S/C22H27N3O.ClH/c1-16(22(26)25-13-7-11-18-10-5-6-12-21(18)25)24-14-19(20(23)15-24)17-8-3-2-4-9-17;/h2-6,8-10,12,16,19-20H,7,11,13-15,23H2,1H3;1H/t16?,19-,20+;/m0./s1. The molecule has 2 heterocycles. The van der Waals surface area contributed by atoms with Crippen LogP contribution in [0.1, 0.15) is 30.4 Å². The number of carbonyl (C=O) groups is 1. The molecule has 2 aromatic rings. The molecule has 0 aromatic heterocycles. The fourth-order valence-corrected chi connectivity index (χ4v) is 4.37. The molecule has 2 aliphatic rings. The second-order valence-electron chi connectivity index (χ2n) is 7.53. The molecular formula is C22H28ClN3O. The van der Waals surface area contributed by atoms with E-state index in [0.717, 1.165) is 38.2 Å². The minimum Gasteiger partial charge on any atom is -0.326 e. The summed E-state index contributed by atoms with van der Waals surface area (Å²) in [6.07, 6.45) is 2.08. The number of hydrogen-bond acceptors (Lipinski definition) is 3. The number of aryl methyl sites for hydroxylation is 1. The molecule has 0 spiro atoms. The number of halogens is 1. The van der Waals surface area contributed by atoms with E-state index >= 15 is 0 Å². The van der Waals surface area contributed by atoms with Crippen LogP contribution in [0.15, 0.2) is 54.6 Å². The molecule has 4 nitrogen and oxygen atoms in total. The van der Waals surface area contributed by atoms with E-state index in [1.165, 1.54) is 11.1 Å². The Balaban J connectivity index is 0.00000210. The number of likely N-dealkylation sites (tertiary alicyclic amines) is 1. The Labute approximate surface area is 167 Å². The lowest BCUT2D eigenvalue weighted by molar-refractivity contribution is -0.123. The van der Waals surface area contributed by atoms with Gasteiger partial charge in [-0.2, -0.15) is 0 Å². The van der Waals surface area contributed by atoms with Gasteiger partial charge in [0, 0.05) is 37.3 Å². The van der Waals surface area contributed by atoms with Crippen LogP contribution in [0.3, 0.4) is 0 Å². The van der Waals surface area contributed by atoms with Crippen molar-refractivity contribution < 1.29 is 4.79 Å². The summed E-state index contributed by atoms with van der Waals surface area (Å²) in [4.78, 5) is 17.5. The van der Waals surface area contributed by atoms with E-state index < -0.39 is 0 Å². The number of benzene rings is 2. The Morgan fingerprint density at radius 2 is 1.78 bits per heavy atom. The Morgan fingerprint density at radius 1 is 1.07 bits per heavy atom. The highest BCUT2D eigenvalue weighted by Crippen LogP contribution is 2.31. The van der Waals surface area contributed by atoms with Crippen molar-refractivity contribution in [3.63, 3.8) is 0 Å². The van der Waals surface area contributed by atoms with Crippen LogP contribution in [-0.4, -0.2) is 42.5 Å². The van der Waals surface area contributed by atoms with Gasteiger partial charge in [-0.05, 0) is 37.0 Å². The van der Waals surface area contributed by atoms with E-state index in [9.17, 15) is 4.79 Å². The molecule has 3 atom stereocenters. The minimum atomic E-state index is -0.152. The van der Waals surface area contributed by atoms with Crippen molar-refractivity contribution >= 4 is 24.0 Å². The average Bonchev–Trinajstić information content (AvgIpc) is 3.08. The highest BCUT2D eigenvalue weighted by atomic mass is 35.5. The summed E-state index contributed by atoms with van der Waals surface area (Å²) in [5.41, 5.74) is 10.1. The second-order valence-corrected chi connectivity index (χ2v) is 7.53. The molecule has 0 bridgehead atoms. The lowest BCUT2D eigenvalue weighted by atomic mass is 9.95. The van der Waals surface area contributed by atoms with Gasteiger partial charge in [-0.1, -0.05) is 48.5 Å². The predicted octanol–water partition coefficient (Wildman–Crippen LogP) is 3.20. The number of amides is 1. The summed E-state index contributed by atoms with van der Waals surface area (Å²) in [5.74, 6) is 0.484. The first-order valence-electron chi connectivity index (χ1n) is 9.59. The molecule has 1 amide bonds. The Morgan fingerprint density at radius 3 is 2.56 bits per heavy atom. The average molecular weight is 386 g/mol. The summed E-state index contributed by atoms with van der Waals surface area (Å²) in [6.45, 7) is 4.44. The van der Waals surface area contributed by atoms with Gasteiger partial charge in [-0.15, -0.1) is 12.4 Å². The highest BCUT2D eigenvalue weighted by Gasteiger charge is 2.37. The van der Waals surface area contributed by atoms with Gasteiger partial charge in [0.05, 0.1) is 6.04 Å². The molecule has 5 heteroatoms. The van der Waals surface area contributed by atoms with Crippen molar-refractivity contribution in [1.29, 1.82) is 0 Å². The molecule has 144 valence electrons. The number of nitrogens with two attached hydrogens (primary N) is 1. The van der Waals surface area contributed by atoms with Gasteiger partial charge in [0.25, 0.3) is 0 Å². The predicted molar refractivity (Wildman–Crippen MR) is 113 cm³/mol. The summed E-state index contributed by atoms with van der Waals surface area (Å²) in [6, 6.07) is 18.6. The maximum Gasteiger partial charge on any atom is 0.244 e. The Kier molecular flexibility index (Phi) is 6.20. The van der Waals surface area contributed by atoms with E-state index in [1.54, 1.807) is 0 Å². The van der Waals surface area contributed by atoms with Crippen LogP contribution in [0.25, 0.3) is 0 Å². The van der Waals surface area contributed by atoms with Crippen molar-refractivity contribution in [3.05, 3.63) is 65.7 Å².